The fourth-order valence-electron chi connectivity index (χ4n) is 2.33. The quantitative estimate of drug-likeness (QED) is 0.875. The average molecular weight is 326 g/mol. The van der Waals surface area contributed by atoms with Crippen molar-refractivity contribution in [2.75, 3.05) is 18.0 Å². The maximum Gasteiger partial charge on any atom is 0.233 e. The predicted molar refractivity (Wildman–Crippen MR) is 83.1 cm³/mol. The van der Waals surface area contributed by atoms with Crippen molar-refractivity contribution in [3.8, 4) is 0 Å². The number of thioether (sulfide) groups is 1. The zero-order valence-electron chi connectivity index (χ0n) is 10.7. The van der Waals surface area contributed by atoms with Gasteiger partial charge in [0, 0.05) is 11.4 Å². The molecule has 0 radical (unpaired) electrons. The summed E-state index contributed by atoms with van der Waals surface area (Å²) in [5.74, 6) is 0.566. The predicted octanol–water partition coefficient (Wildman–Crippen LogP) is 2.64. The lowest BCUT2D eigenvalue weighted by Gasteiger charge is -2.23. The fourth-order valence-corrected chi connectivity index (χ4v) is 4.72. The van der Waals surface area contributed by atoms with Gasteiger partial charge in [-0.05, 0) is 24.3 Å². The van der Waals surface area contributed by atoms with Crippen molar-refractivity contribution in [1.82, 2.24) is 15.1 Å². The lowest BCUT2D eigenvalue weighted by Crippen LogP contribution is -2.31. The lowest BCUT2D eigenvalue weighted by molar-refractivity contribution is -0.129. The molecule has 3 heterocycles. The Morgan fingerprint density at radius 1 is 1.55 bits per heavy atom. The second-order valence-electron chi connectivity index (χ2n) is 4.46. The summed E-state index contributed by atoms with van der Waals surface area (Å²) < 4.78 is 0.753. The molecule has 2 aromatic rings. The van der Waals surface area contributed by atoms with Gasteiger partial charge < -0.3 is 10.6 Å². The monoisotopic (exact) mass is 326 g/mol. The van der Waals surface area contributed by atoms with E-state index >= 15 is 0 Å². The number of rotatable bonds is 4. The molecule has 3 rings (SSSR count). The van der Waals surface area contributed by atoms with Crippen molar-refractivity contribution in [3.63, 3.8) is 0 Å². The smallest absolute Gasteiger partial charge is 0.233 e. The topological polar surface area (TPSA) is 72.1 Å². The van der Waals surface area contributed by atoms with Crippen LogP contribution >= 0.6 is 34.4 Å². The van der Waals surface area contributed by atoms with Gasteiger partial charge in [-0.15, -0.1) is 21.5 Å². The second kappa shape index (κ2) is 6.11. The van der Waals surface area contributed by atoms with Crippen molar-refractivity contribution in [3.05, 3.63) is 22.4 Å². The van der Waals surface area contributed by atoms with Gasteiger partial charge in [0.25, 0.3) is 0 Å². The van der Waals surface area contributed by atoms with Gasteiger partial charge in [-0.3, -0.25) is 4.79 Å². The molecule has 8 heteroatoms. The number of nitrogen functional groups attached to an aromatic ring is 1. The van der Waals surface area contributed by atoms with E-state index in [2.05, 4.69) is 21.6 Å². The van der Waals surface area contributed by atoms with Crippen molar-refractivity contribution in [2.45, 2.75) is 23.2 Å². The second-order valence-corrected chi connectivity index (χ2v) is 7.67. The number of hydrogen-bond acceptors (Lipinski definition) is 7. The number of nitrogens with zero attached hydrogens (tertiary/aromatic N) is 3. The highest BCUT2D eigenvalue weighted by Gasteiger charge is 2.30. The Morgan fingerprint density at radius 2 is 2.45 bits per heavy atom. The molecule has 1 aliphatic heterocycles. The van der Waals surface area contributed by atoms with Gasteiger partial charge in [0.1, 0.15) is 0 Å². The van der Waals surface area contributed by atoms with E-state index in [1.54, 1.807) is 11.3 Å². The molecule has 106 valence electrons. The molecule has 1 aliphatic rings. The van der Waals surface area contributed by atoms with Crippen LogP contribution in [-0.2, 0) is 4.79 Å². The van der Waals surface area contributed by atoms with Crippen LogP contribution in [0.1, 0.15) is 23.8 Å². The lowest BCUT2D eigenvalue weighted by atomic mass is 10.2. The molecule has 0 aromatic carbocycles. The van der Waals surface area contributed by atoms with Gasteiger partial charge in [-0.1, -0.05) is 29.2 Å². The number of carbonyl (C=O) groups is 1. The highest BCUT2D eigenvalue weighted by Crippen LogP contribution is 2.35. The summed E-state index contributed by atoms with van der Waals surface area (Å²) in [6, 6.07) is 4.40. The number of likely N-dealkylation sites (tertiary alicyclic amines) is 1. The van der Waals surface area contributed by atoms with Crippen LogP contribution in [0.5, 0.6) is 0 Å². The first-order chi connectivity index (χ1) is 9.74. The zero-order chi connectivity index (χ0) is 13.9. The Labute approximate surface area is 129 Å². The van der Waals surface area contributed by atoms with Crippen LogP contribution < -0.4 is 5.73 Å². The molecular weight excluding hydrogens is 312 g/mol. The molecule has 1 amide bonds. The number of amides is 1. The van der Waals surface area contributed by atoms with Gasteiger partial charge in [0.05, 0.1) is 11.8 Å². The van der Waals surface area contributed by atoms with Crippen molar-refractivity contribution in [2.24, 2.45) is 0 Å². The summed E-state index contributed by atoms with van der Waals surface area (Å²) >= 11 is 4.45. The molecule has 2 aromatic heterocycles. The van der Waals surface area contributed by atoms with E-state index in [0.29, 0.717) is 10.9 Å². The van der Waals surface area contributed by atoms with Crippen molar-refractivity contribution >= 4 is 45.5 Å². The molecule has 2 N–H and O–H groups in total. The van der Waals surface area contributed by atoms with E-state index in [9.17, 15) is 4.79 Å². The van der Waals surface area contributed by atoms with Gasteiger partial charge in [-0.25, -0.2) is 0 Å². The first-order valence-corrected chi connectivity index (χ1v) is 8.97. The van der Waals surface area contributed by atoms with Gasteiger partial charge >= 0.3 is 0 Å². The molecule has 20 heavy (non-hydrogen) atoms. The molecule has 5 nitrogen and oxygen atoms in total. The zero-order valence-corrected chi connectivity index (χ0v) is 13.1. The van der Waals surface area contributed by atoms with E-state index in [0.717, 1.165) is 23.7 Å². The molecule has 0 bridgehead atoms. The first kappa shape index (κ1) is 13.8. The average Bonchev–Trinajstić information content (AvgIpc) is 3.16. The van der Waals surface area contributed by atoms with Gasteiger partial charge in [0.2, 0.25) is 11.0 Å². The number of hydrogen-bond donors (Lipinski definition) is 1. The molecule has 1 saturated heterocycles. The summed E-state index contributed by atoms with van der Waals surface area (Å²) in [5.41, 5.74) is 5.53. The summed E-state index contributed by atoms with van der Waals surface area (Å²) in [6.07, 6.45) is 2.13. The number of nitrogens with two attached hydrogens (primary N) is 1. The van der Waals surface area contributed by atoms with E-state index in [1.807, 2.05) is 11.0 Å². The van der Waals surface area contributed by atoms with Crippen LogP contribution in [0, 0.1) is 0 Å². The summed E-state index contributed by atoms with van der Waals surface area (Å²) in [7, 11) is 0. The fraction of sp³-hybridized carbons (Fsp3) is 0.417. The van der Waals surface area contributed by atoms with E-state index in [-0.39, 0.29) is 11.9 Å². The minimum Gasteiger partial charge on any atom is -0.374 e. The first-order valence-electron chi connectivity index (χ1n) is 6.28. The number of carbonyl (C=O) groups excluding carboxylic acids is 1. The molecule has 0 aliphatic carbocycles. The maximum atomic E-state index is 12.4. The molecule has 0 saturated carbocycles. The van der Waals surface area contributed by atoms with Crippen LogP contribution in [0.3, 0.4) is 0 Å². The van der Waals surface area contributed by atoms with Crippen LogP contribution in [-0.4, -0.2) is 33.3 Å². The molecule has 1 atom stereocenters. The number of thiophene rings is 1. The van der Waals surface area contributed by atoms with Crippen LogP contribution in [0.4, 0.5) is 5.13 Å². The number of aromatic nitrogens is 2. The van der Waals surface area contributed by atoms with Crippen molar-refractivity contribution in [1.29, 1.82) is 0 Å². The van der Waals surface area contributed by atoms with Gasteiger partial charge in [-0.2, -0.15) is 0 Å². The molecular formula is C12H14N4OS3. The number of anilines is 1. The van der Waals surface area contributed by atoms with Gasteiger partial charge in [0.15, 0.2) is 4.34 Å². The maximum absolute atomic E-state index is 12.4. The Bertz CT molecular complexity index is 583. The molecule has 1 unspecified atom stereocenters. The Morgan fingerprint density at radius 3 is 3.15 bits per heavy atom. The summed E-state index contributed by atoms with van der Waals surface area (Å²) in [4.78, 5) is 15.6. The van der Waals surface area contributed by atoms with Crippen LogP contribution in [0.2, 0.25) is 0 Å². The van der Waals surface area contributed by atoms with Crippen LogP contribution in [0.15, 0.2) is 21.9 Å². The van der Waals surface area contributed by atoms with Crippen LogP contribution in [0.25, 0.3) is 0 Å². The minimum atomic E-state index is 0.166. The highest BCUT2D eigenvalue weighted by molar-refractivity contribution is 8.01. The van der Waals surface area contributed by atoms with E-state index < -0.39 is 0 Å². The Hall–Kier alpha value is -1.12. The summed E-state index contributed by atoms with van der Waals surface area (Å²) in [5, 5.41) is 10.2. The third kappa shape index (κ3) is 2.97. The SMILES string of the molecule is Nc1nnc(SCC(=O)N2CCCC2c2cccs2)s1. The standard InChI is InChI=1S/C12H14N4OS3/c13-11-14-15-12(20-11)19-7-10(17)16-5-1-3-8(16)9-4-2-6-18-9/h2,4,6,8H,1,3,5,7H2,(H2,13,14). The Kier molecular flexibility index (Phi) is 4.23. The minimum absolute atomic E-state index is 0.166. The third-order valence-corrected chi connectivity index (χ3v) is 6.03. The molecule has 1 fully saturated rings. The normalized spacial score (nSPS) is 18.6. The molecule has 0 spiro atoms. The largest absolute Gasteiger partial charge is 0.374 e. The van der Waals surface area contributed by atoms with E-state index in [1.165, 1.54) is 28.0 Å². The third-order valence-electron chi connectivity index (χ3n) is 3.19. The van der Waals surface area contributed by atoms with Crippen molar-refractivity contribution < 1.29 is 4.79 Å². The highest BCUT2D eigenvalue weighted by atomic mass is 32.2. The Balaban J connectivity index is 1.61. The van der Waals surface area contributed by atoms with E-state index in [4.69, 9.17) is 5.73 Å². The summed E-state index contributed by atoms with van der Waals surface area (Å²) in [6.45, 7) is 0.847.